The molecule has 0 aromatic carbocycles. The molecule has 1 rings (SSSR count). The predicted octanol–water partition coefficient (Wildman–Crippen LogP) is -0.153. The Morgan fingerprint density at radius 2 is 2.31 bits per heavy atom. The van der Waals surface area contributed by atoms with Crippen molar-refractivity contribution in [3.63, 3.8) is 0 Å². The van der Waals surface area contributed by atoms with Crippen LogP contribution in [-0.4, -0.2) is 28.3 Å². The van der Waals surface area contributed by atoms with Crippen LogP contribution in [0.25, 0.3) is 0 Å². The van der Waals surface area contributed by atoms with E-state index in [0.717, 1.165) is 0 Å². The molecule has 0 atom stereocenters. The summed E-state index contributed by atoms with van der Waals surface area (Å²) < 4.78 is 5.57. The van der Waals surface area contributed by atoms with Gasteiger partial charge < -0.3 is 15.1 Å². The summed E-state index contributed by atoms with van der Waals surface area (Å²) in [5, 5.41) is 17.3. The minimum Gasteiger partial charge on any atom is -0.493 e. The van der Waals surface area contributed by atoms with Crippen molar-refractivity contribution >= 4 is 0 Å². The molecule has 0 amide bonds. The second-order valence-electron chi connectivity index (χ2n) is 2.47. The summed E-state index contributed by atoms with van der Waals surface area (Å²) in [5.41, 5.74) is -0.540. The number of ether oxygens (including phenoxy) is 1. The van der Waals surface area contributed by atoms with Crippen LogP contribution < -0.4 is 10.3 Å². The molecule has 1 heterocycles. The van der Waals surface area contributed by atoms with Crippen LogP contribution in [0.3, 0.4) is 0 Å². The van der Waals surface area contributed by atoms with Gasteiger partial charge in [0, 0.05) is 25.2 Å². The molecular weight excluding hydrogens is 174 g/mol. The molecule has 0 aliphatic heterocycles. The summed E-state index contributed by atoms with van der Waals surface area (Å²) in [5.74, 6) is 0.392. The van der Waals surface area contributed by atoms with Crippen LogP contribution in [0.2, 0.25) is 0 Å². The lowest BCUT2D eigenvalue weighted by Crippen LogP contribution is -2.15. The third kappa shape index (κ3) is 2.79. The zero-order valence-corrected chi connectivity index (χ0v) is 7.01. The Bertz CT molecular complexity index is 320. The van der Waals surface area contributed by atoms with Gasteiger partial charge in [-0.25, -0.2) is 0 Å². The first kappa shape index (κ1) is 9.60. The summed E-state index contributed by atoms with van der Waals surface area (Å²) in [6.07, 6.45) is 1.72. The van der Waals surface area contributed by atoms with Crippen molar-refractivity contribution in [3.05, 3.63) is 28.7 Å². The molecule has 0 fully saturated rings. The SMILES string of the molecule is O=c1cc(OCCCO)ccn1O. The fourth-order valence-corrected chi connectivity index (χ4v) is 0.798. The fourth-order valence-electron chi connectivity index (χ4n) is 0.798. The van der Waals surface area contributed by atoms with E-state index >= 15 is 0 Å². The highest BCUT2D eigenvalue weighted by Crippen LogP contribution is 2.04. The number of hydrogen-bond donors (Lipinski definition) is 2. The van der Waals surface area contributed by atoms with E-state index in [1.165, 1.54) is 18.3 Å². The number of rotatable bonds is 4. The average molecular weight is 185 g/mol. The molecule has 0 aliphatic rings. The Morgan fingerprint density at radius 1 is 1.54 bits per heavy atom. The number of aliphatic hydroxyl groups is 1. The number of nitrogens with zero attached hydrogens (tertiary/aromatic N) is 1. The number of pyridine rings is 1. The lowest BCUT2D eigenvalue weighted by Gasteiger charge is -2.04. The minimum atomic E-state index is -0.540. The van der Waals surface area contributed by atoms with Crippen LogP contribution in [0.5, 0.6) is 5.75 Å². The molecule has 0 unspecified atom stereocenters. The van der Waals surface area contributed by atoms with Gasteiger partial charge in [-0.1, -0.05) is 0 Å². The van der Waals surface area contributed by atoms with E-state index < -0.39 is 5.56 Å². The first-order valence-electron chi connectivity index (χ1n) is 3.89. The normalized spacial score (nSPS) is 9.92. The molecule has 0 bridgehead atoms. The lowest BCUT2D eigenvalue weighted by molar-refractivity contribution is 0.172. The van der Waals surface area contributed by atoms with Crippen molar-refractivity contribution in [2.75, 3.05) is 13.2 Å². The highest BCUT2D eigenvalue weighted by molar-refractivity contribution is 5.17. The van der Waals surface area contributed by atoms with Gasteiger partial charge in [0.2, 0.25) is 0 Å². The van der Waals surface area contributed by atoms with Crippen LogP contribution in [-0.2, 0) is 0 Å². The molecule has 0 spiro atoms. The minimum absolute atomic E-state index is 0.0526. The van der Waals surface area contributed by atoms with Gasteiger partial charge >= 0.3 is 0 Å². The van der Waals surface area contributed by atoms with Crippen molar-refractivity contribution in [1.29, 1.82) is 0 Å². The van der Waals surface area contributed by atoms with Crippen molar-refractivity contribution in [2.45, 2.75) is 6.42 Å². The van der Waals surface area contributed by atoms with Gasteiger partial charge in [-0.15, -0.1) is 0 Å². The monoisotopic (exact) mass is 185 g/mol. The molecule has 5 nitrogen and oxygen atoms in total. The van der Waals surface area contributed by atoms with E-state index in [-0.39, 0.29) is 6.61 Å². The van der Waals surface area contributed by atoms with Crippen LogP contribution >= 0.6 is 0 Å². The molecule has 0 radical (unpaired) electrons. The summed E-state index contributed by atoms with van der Waals surface area (Å²) in [6.45, 7) is 0.405. The molecule has 0 saturated carbocycles. The Kier molecular flexibility index (Phi) is 3.33. The Balaban J connectivity index is 2.58. The van der Waals surface area contributed by atoms with Crippen molar-refractivity contribution < 1.29 is 15.1 Å². The molecule has 1 aromatic rings. The van der Waals surface area contributed by atoms with E-state index in [2.05, 4.69) is 0 Å². The number of hydrogen-bond acceptors (Lipinski definition) is 4. The summed E-state index contributed by atoms with van der Waals surface area (Å²) >= 11 is 0. The van der Waals surface area contributed by atoms with E-state index in [1.807, 2.05) is 0 Å². The quantitative estimate of drug-likeness (QED) is 0.505. The second kappa shape index (κ2) is 4.51. The van der Waals surface area contributed by atoms with Gasteiger partial charge in [-0.3, -0.25) is 4.79 Å². The summed E-state index contributed by atoms with van der Waals surface area (Å²) in [4.78, 5) is 10.9. The van der Waals surface area contributed by atoms with E-state index in [4.69, 9.17) is 15.1 Å². The van der Waals surface area contributed by atoms with Gasteiger partial charge in [0.1, 0.15) is 5.75 Å². The maximum absolute atomic E-state index is 10.9. The van der Waals surface area contributed by atoms with Crippen LogP contribution in [0.4, 0.5) is 0 Å². The summed E-state index contributed by atoms with van der Waals surface area (Å²) in [6, 6.07) is 2.65. The zero-order valence-electron chi connectivity index (χ0n) is 7.01. The lowest BCUT2D eigenvalue weighted by atomic mass is 10.4. The van der Waals surface area contributed by atoms with Crippen LogP contribution in [0.15, 0.2) is 23.1 Å². The Labute approximate surface area is 74.8 Å². The van der Waals surface area contributed by atoms with Crippen molar-refractivity contribution in [2.24, 2.45) is 0 Å². The zero-order chi connectivity index (χ0) is 9.68. The topological polar surface area (TPSA) is 71.7 Å². The molecule has 0 aliphatic carbocycles. The molecule has 5 heteroatoms. The predicted molar refractivity (Wildman–Crippen MR) is 45.1 cm³/mol. The van der Waals surface area contributed by atoms with Crippen molar-refractivity contribution in [3.8, 4) is 5.75 Å². The smallest absolute Gasteiger partial charge is 0.286 e. The van der Waals surface area contributed by atoms with Crippen LogP contribution in [0, 0.1) is 0 Å². The molecular formula is C8H11NO4. The third-order valence-electron chi connectivity index (χ3n) is 1.44. The Morgan fingerprint density at radius 3 is 2.92 bits per heavy atom. The van der Waals surface area contributed by atoms with Crippen molar-refractivity contribution in [1.82, 2.24) is 4.73 Å². The number of aliphatic hydroxyl groups excluding tert-OH is 1. The highest BCUT2D eigenvalue weighted by atomic mass is 16.5. The van der Waals surface area contributed by atoms with Gasteiger partial charge in [0.25, 0.3) is 5.56 Å². The molecule has 13 heavy (non-hydrogen) atoms. The largest absolute Gasteiger partial charge is 0.493 e. The Hall–Kier alpha value is -1.49. The second-order valence-corrected chi connectivity index (χ2v) is 2.47. The maximum atomic E-state index is 10.9. The van der Waals surface area contributed by atoms with Gasteiger partial charge in [-0.2, -0.15) is 4.73 Å². The van der Waals surface area contributed by atoms with E-state index in [9.17, 15) is 4.79 Å². The first-order valence-corrected chi connectivity index (χ1v) is 3.89. The van der Waals surface area contributed by atoms with E-state index in [1.54, 1.807) is 0 Å². The molecule has 1 aromatic heterocycles. The van der Waals surface area contributed by atoms with Gasteiger partial charge in [0.05, 0.1) is 12.8 Å². The standard InChI is InChI=1S/C8H11NO4/c10-4-1-5-13-7-2-3-9(12)8(11)6-7/h2-3,6,10,12H,1,4-5H2. The number of aromatic nitrogens is 1. The van der Waals surface area contributed by atoms with Gasteiger partial charge in [0.15, 0.2) is 0 Å². The summed E-state index contributed by atoms with van der Waals surface area (Å²) in [7, 11) is 0. The molecule has 0 saturated heterocycles. The first-order chi connectivity index (χ1) is 6.24. The van der Waals surface area contributed by atoms with Gasteiger partial charge in [-0.05, 0) is 0 Å². The average Bonchev–Trinajstić information content (AvgIpc) is 2.12. The maximum Gasteiger partial charge on any atom is 0.286 e. The van der Waals surface area contributed by atoms with Crippen LogP contribution in [0.1, 0.15) is 6.42 Å². The highest BCUT2D eigenvalue weighted by Gasteiger charge is 1.96. The molecule has 2 N–H and O–H groups in total. The third-order valence-corrected chi connectivity index (χ3v) is 1.44. The molecule has 72 valence electrons. The van der Waals surface area contributed by atoms with E-state index in [0.29, 0.717) is 23.5 Å². The fraction of sp³-hybridized carbons (Fsp3) is 0.375.